The molecule has 0 radical (unpaired) electrons. The first kappa shape index (κ1) is 15.2. The van der Waals surface area contributed by atoms with Crippen molar-refractivity contribution < 1.29 is 9.00 Å². The summed E-state index contributed by atoms with van der Waals surface area (Å²) in [4.78, 5) is 11.8. The summed E-state index contributed by atoms with van der Waals surface area (Å²) in [5, 5.41) is 2.99. The van der Waals surface area contributed by atoms with Crippen LogP contribution in [0.5, 0.6) is 0 Å². The van der Waals surface area contributed by atoms with Crippen LogP contribution in [0.3, 0.4) is 0 Å². The Morgan fingerprint density at radius 1 is 1.30 bits per heavy atom. The summed E-state index contributed by atoms with van der Waals surface area (Å²) in [6.45, 7) is 4.04. The Morgan fingerprint density at radius 3 is 2.70 bits per heavy atom. The minimum Gasteiger partial charge on any atom is -0.353 e. The zero-order valence-electron chi connectivity index (χ0n) is 12.3. The number of carbonyl (C=O) groups excluding carboxylic acids is 1. The summed E-state index contributed by atoms with van der Waals surface area (Å²) in [6, 6.07) is 6.46. The molecule has 2 rings (SSSR count). The molecule has 0 heterocycles. The molecule has 1 aliphatic carbocycles. The van der Waals surface area contributed by atoms with Gasteiger partial charge in [0.25, 0.3) is 0 Å². The van der Waals surface area contributed by atoms with Crippen LogP contribution >= 0.6 is 0 Å². The highest BCUT2D eigenvalue weighted by Crippen LogP contribution is 2.17. The van der Waals surface area contributed by atoms with Crippen molar-refractivity contribution >= 4 is 16.7 Å². The summed E-state index contributed by atoms with van der Waals surface area (Å²) < 4.78 is 12.1. The Bertz CT molecular complexity index is 507. The minimum absolute atomic E-state index is 0.0689. The fraction of sp³-hybridized carbons (Fsp3) is 0.562. The Balaban J connectivity index is 1.85. The van der Waals surface area contributed by atoms with E-state index in [-0.39, 0.29) is 11.7 Å². The molecule has 1 amide bonds. The summed E-state index contributed by atoms with van der Waals surface area (Å²) in [5.41, 5.74) is 3.38. The van der Waals surface area contributed by atoms with Gasteiger partial charge in [0.1, 0.15) is 5.75 Å². The molecule has 1 aromatic rings. The van der Waals surface area contributed by atoms with Crippen LogP contribution in [0.25, 0.3) is 0 Å². The average molecular weight is 293 g/mol. The van der Waals surface area contributed by atoms with E-state index in [2.05, 4.69) is 17.4 Å². The number of benzene rings is 1. The van der Waals surface area contributed by atoms with Gasteiger partial charge in [-0.05, 0) is 37.8 Å². The van der Waals surface area contributed by atoms with Gasteiger partial charge in [-0.3, -0.25) is 9.00 Å². The van der Waals surface area contributed by atoms with E-state index in [1.807, 2.05) is 19.9 Å². The summed E-state index contributed by atoms with van der Waals surface area (Å²) in [5.74, 6) is 0.510. The van der Waals surface area contributed by atoms with E-state index in [1.54, 1.807) is 0 Å². The van der Waals surface area contributed by atoms with Crippen LogP contribution in [-0.2, 0) is 21.3 Å². The predicted octanol–water partition coefficient (Wildman–Crippen LogP) is 2.61. The van der Waals surface area contributed by atoms with Crippen molar-refractivity contribution in [1.29, 1.82) is 0 Å². The highest BCUT2D eigenvalue weighted by atomic mass is 32.2. The fourth-order valence-corrected chi connectivity index (χ4v) is 3.80. The Morgan fingerprint density at radius 2 is 2.00 bits per heavy atom. The first-order valence-electron chi connectivity index (χ1n) is 7.25. The summed E-state index contributed by atoms with van der Waals surface area (Å²) in [6.07, 6.45) is 4.51. The first-order chi connectivity index (χ1) is 9.54. The molecule has 0 bridgehead atoms. The van der Waals surface area contributed by atoms with Gasteiger partial charge in [-0.1, -0.05) is 36.6 Å². The molecule has 1 saturated carbocycles. The molecular weight excluding hydrogens is 270 g/mol. The van der Waals surface area contributed by atoms with E-state index >= 15 is 0 Å². The maximum atomic E-state index is 12.1. The van der Waals surface area contributed by atoms with Gasteiger partial charge in [0.15, 0.2) is 0 Å². The molecule has 1 aromatic carbocycles. The lowest BCUT2D eigenvalue weighted by atomic mass is 10.1. The molecule has 1 N–H and O–H groups in total. The number of rotatable bonds is 5. The van der Waals surface area contributed by atoms with E-state index in [9.17, 15) is 9.00 Å². The monoisotopic (exact) mass is 293 g/mol. The highest BCUT2D eigenvalue weighted by Gasteiger charge is 2.18. The standard InChI is InChI=1S/C16H23NO2S/c1-12-7-8-13(2)14(9-12)10-20(19)11-16(18)17-15-5-3-4-6-15/h7-9,15H,3-6,10-11H2,1-2H3,(H,17,18)/t20-/m1/s1. The number of carbonyl (C=O) groups is 1. The molecular formula is C16H23NO2S. The summed E-state index contributed by atoms with van der Waals surface area (Å²) >= 11 is 0. The average Bonchev–Trinajstić information content (AvgIpc) is 2.86. The Hall–Kier alpha value is -1.16. The number of aryl methyl sites for hydroxylation is 2. The molecule has 0 spiro atoms. The fourth-order valence-electron chi connectivity index (χ4n) is 2.67. The molecule has 4 heteroatoms. The quantitative estimate of drug-likeness (QED) is 0.907. The van der Waals surface area contributed by atoms with Gasteiger partial charge in [-0.2, -0.15) is 0 Å². The topological polar surface area (TPSA) is 46.2 Å². The van der Waals surface area contributed by atoms with Gasteiger partial charge in [-0.25, -0.2) is 0 Å². The zero-order valence-corrected chi connectivity index (χ0v) is 13.1. The Kier molecular flexibility index (Phi) is 5.35. The van der Waals surface area contributed by atoms with Crippen LogP contribution in [0.2, 0.25) is 0 Å². The van der Waals surface area contributed by atoms with Gasteiger partial charge in [0, 0.05) is 22.6 Å². The third-order valence-electron chi connectivity index (χ3n) is 3.83. The van der Waals surface area contributed by atoms with Crippen molar-refractivity contribution in [2.75, 3.05) is 5.75 Å². The number of amides is 1. The smallest absolute Gasteiger partial charge is 0.232 e. The minimum atomic E-state index is -1.13. The molecule has 0 unspecified atom stereocenters. The lowest BCUT2D eigenvalue weighted by molar-refractivity contribution is -0.119. The van der Waals surface area contributed by atoms with Crippen molar-refractivity contribution in [2.45, 2.75) is 51.3 Å². The van der Waals surface area contributed by atoms with E-state index in [1.165, 1.54) is 12.8 Å². The van der Waals surface area contributed by atoms with E-state index in [4.69, 9.17) is 0 Å². The van der Waals surface area contributed by atoms with Gasteiger partial charge in [0.05, 0.1) is 0 Å². The maximum absolute atomic E-state index is 12.1. The largest absolute Gasteiger partial charge is 0.353 e. The third-order valence-corrected chi connectivity index (χ3v) is 5.05. The van der Waals surface area contributed by atoms with Crippen LogP contribution in [-0.4, -0.2) is 21.9 Å². The molecule has 0 aromatic heterocycles. The van der Waals surface area contributed by atoms with Gasteiger partial charge >= 0.3 is 0 Å². The normalized spacial score (nSPS) is 17.1. The van der Waals surface area contributed by atoms with Crippen LogP contribution in [0.4, 0.5) is 0 Å². The second kappa shape index (κ2) is 7.02. The molecule has 3 nitrogen and oxygen atoms in total. The third kappa shape index (κ3) is 4.44. The van der Waals surface area contributed by atoms with E-state index in [0.717, 1.165) is 29.5 Å². The number of hydrogen-bond acceptors (Lipinski definition) is 2. The van der Waals surface area contributed by atoms with Crippen molar-refractivity contribution in [3.63, 3.8) is 0 Å². The van der Waals surface area contributed by atoms with Crippen LogP contribution in [0.1, 0.15) is 42.4 Å². The first-order valence-corrected chi connectivity index (χ1v) is 8.74. The van der Waals surface area contributed by atoms with Crippen LogP contribution in [0, 0.1) is 13.8 Å². The van der Waals surface area contributed by atoms with Crippen molar-refractivity contribution in [2.24, 2.45) is 0 Å². The highest BCUT2D eigenvalue weighted by molar-refractivity contribution is 7.84. The van der Waals surface area contributed by atoms with E-state index in [0.29, 0.717) is 11.8 Å². The maximum Gasteiger partial charge on any atom is 0.232 e. The molecule has 20 heavy (non-hydrogen) atoms. The summed E-state index contributed by atoms with van der Waals surface area (Å²) in [7, 11) is -1.13. The second-order valence-corrected chi connectivity index (χ2v) is 7.16. The Labute approximate surface area is 123 Å². The molecule has 110 valence electrons. The number of hydrogen-bond donors (Lipinski definition) is 1. The predicted molar refractivity (Wildman–Crippen MR) is 83.0 cm³/mol. The molecule has 0 aliphatic heterocycles. The van der Waals surface area contributed by atoms with Gasteiger partial charge in [0.2, 0.25) is 5.91 Å². The van der Waals surface area contributed by atoms with Gasteiger partial charge < -0.3 is 5.32 Å². The van der Waals surface area contributed by atoms with Crippen LogP contribution < -0.4 is 5.32 Å². The number of nitrogens with one attached hydrogen (secondary N) is 1. The molecule has 0 saturated heterocycles. The molecule has 1 aliphatic rings. The van der Waals surface area contributed by atoms with Crippen molar-refractivity contribution in [3.05, 3.63) is 34.9 Å². The lowest BCUT2D eigenvalue weighted by Gasteiger charge is -2.12. The molecule has 1 fully saturated rings. The zero-order chi connectivity index (χ0) is 14.5. The SMILES string of the molecule is Cc1ccc(C)c(C[S@@](=O)CC(=O)NC2CCCC2)c1. The van der Waals surface area contributed by atoms with Crippen LogP contribution in [0.15, 0.2) is 18.2 Å². The van der Waals surface area contributed by atoms with Crippen molar-refractivity contribution in [3.8, 4) is 0 Å². The van der Waals surface area contributed by atoms with Gasteiger partial charge in [-0.15, -0.1) is 0 Å². The lowest BCUT2D eigenvalue weighted by Crippen LogP contribution is -2.35. The molecule has 1 atom stereocenters. The van der Waals surface area contributed by atoms with Crippen molar-refractivity contribution in [1.82, 2.24) is 5.32 Å². The second-order valence-electron chi connectivity index (χ2n) is 5.71. The van der Waals surface area contributed by atoms with E-state index < -0.39 is 10.8 Å².